The maximum absolute atomic E-state index is 10.6. The summed E-state index contributed by atoms with van der Waals surface area (Å²) >= 11 is 0. The molecule has 18 heavy (non-hydrogen) atoms. The minimum Gasteiger partial charge on any atom is -0.481 e. The third-order valence-corrected chi connectivity index (χ3v) is 3.43. The van der Waals surface area contributed by atoms with E-state index in [1.54, 1.807) is 0 Å². The maximum Gasteiger partial charge on any atom is 0.304 e. The zero-order valence-electron chi connectivity index (χ0n) is 10.9. The van der Waals surface area contributed by atoms with Gasteiger partial charge in [0.15, 0.2) is 0 Å². The molecular formula is C13H20N2O3. The van der Waals surface area contributed by atoms with Crippen molar-refractivity contribution >= 4 is 5.97 Å². The Morgan fingerprint density at radius 3 is 3.06 bits per heavy atom. The van der Waals surface area contributed by atoms with Crippen LogP contribution in [-0.2, 0) is 4.79 Å². The van der Waals surface area contributed by atoms with E-state index < -0.39 is 5.97 Å². The molecule has 0 radical (unpaired) electrons. The first-order valence-corrected chi connectivity index (χ1v) is 6.50. The summed E-state index contributed by atoms with van der Waals surface area (Å²) in [5.74, 6) is 0.485. The number of nitrogens with zero attached hydrogens (tertiary/aromatic N) is 2. The van der Waals surface area contributed by atoms with Crippen LogP contribution in [0.1, 0.15) is 56.5 Å². The van der Waals surface area contributed by atoms with Crippen molar-refractivity contribution in [2.75, 3.05) is 13.1 Å². The molecule has 1 N–H and O–H groups in total. The number of rotatable bonds is 5. The predicted octanol–water partition coefficient (Wildman–Crippen LogP) is 2.41. The molecule has 1 saturated heterocycles. The molecule has 5 heteroatoms. The molecule has 1 atom stereocenters. The van der Waals surface area contributed by atoms with E-state index >= 15 is 0 Å². The van der Waals surface area contributed by atoms with Gasteiger partial charge in [0.2, 0.25) is 0 Å². The van der Waals surface area contributed by atoms with Crippen LogP contribution in [0.5, 0.6) is 0 Å². The maximum atomic E-state index is 10.6. The van der Waals surface area contributed by atoms with Crippen molar-refractivity contribution in [2.24, 2.45) is 0 Å². The van der Waals surface area contributed by atoms with Gasteiger partial charge in [0.1, 0.15) is 11.5 Å². The van der Waals surface area contributed by atoms with Gasteiger partial charge in [0, 0.05) is 18.5 Å². The second-order valence-electron chi connectivity index (χ2n) is 5.15. The number of hydrogen-bond donors (Lipinski definition) is 1. The molecule has 0 saturated carbocycles. The van der Waals surface area contributed by atoms with Gasteiger partial charge in [-0.25, -0.2) is 0 Å². The Labute approximate surface area is 107 Å². The Morgan fingerprint density at radius 2 is 2.44 bits per heavy atom. The third-order valence-electron chi connectivity index (χ3n) is 3.43. The molecule has 0 unspecified atom stereocenters. The van der Waals surface area contributed by atoms with Crippen LogP contribution >= 0.6 is 0 Å². The second kappa shape index (κ2) is 5.52. The smallest absolute Gasteiger partial charge is 0.304 e. The molecule has 100 valence electrons. The zero-order valence-corrected chi connectivity index (χ0v) is 10.9. The summed E-state index contributed by atoms with van der Waals surface area (Å²) in [6.45, 7) is 5.67. The fraction of sp³-hybridized carbons (Fsp3) is 0.692. The first-order chi connectivity index (χ1) is 8.58. The fourth-order valence-electron chi connectivity index (χ4n) is 2.40. The van der Waals surface area contributed by atoms with Crippen LogP contribution in [0.2, 0.25) is 0 Å². The number of aromatic nitrogens is 1. The van der Waals surface area contributed by atoms with E-state index in [0.717, 1.165) is 30.8 Å². The second-order valence-corrected chi connectivity index (χ2v) is 5.15. The Balaban J connectivity index is 2.03. The van der Waals surface area contributed by atoms with E-state index in [-0.39, 0.29) is 12.5 Å². The van der Waals surface area contributed by atoms with Crippen molar-refractivity contribution in [3.05, 3.63) is 17.5 Å². The first-order valence-electron chi connectivity index (χ1n) is 6.50. The van der Waals surface area contributed by atoms with E-state index in [1.807, 2.05) is 6.07 Å². The number of carboxylic acid groups (broad SMARTS) is 1. The first kappa shape index (κ1) is 13.1. The minimum absolute atomic E-state index is 0.186. The molecule has 5 nitrogen and oxygen atoms in total. The van der Waals surface area contributed by atoms with Crippen molar-refractivity contribution in [1.82, 2.24) is 10.1 Å². The van der Waals surface area contributed by atoms with Crippen molar-refractivity contribution in [3.8, 4) is 0 Å². The number of carbonyl (C=O) groups is 1. The largest absolute Gasteiger partial charge is 0.481 e. The molecule has 1 fully saturated rings. The Kier molecular flexibility index (Phi) is 4.01. The molecule has 2 rings (SSSR count). The molecule has 2 heterocycles. The van der Waals surface area contributed by atoms with Crippen LogP contribution in [0.15, 0.2) is 10.6 Å². The highest BCUT2D eigenvalue weighted by molar-refractivity contribution is 5.66. The highest BCUT2D eigenvalue weighted by Gasteiger charge is 2.29. The lowest BCUT2D eigenvalue weighted by Crippen LogP contribution is -2.26. The zero-order chi connectivity index (χ0) is 13.1. The Morgan fingerprint density at radius 1 is 1.67 bits per heavy atom. The van der Waals surface area contributed by atoms with Crippen molar-refractivity contribution < 1.29 is 14.4 Å². The molecule has 0 amide bonds. The Hall–Kier alpha value is -1.36. The summed E-state index contributed by atoms with van der Waals surface area (Å²) in [5, 5.41) is 12.9. The van der Waals surface area contributed by atoms with Gasteiger partial charge in [-0.3, -0.25) is 9.69 Å². The van der Waals surface area contributed by atoms with E-state index in [0.29, 0.717) is 12.5 Å². The van der Waals surface area contributed by atoms with Crippen LogP contribution in [0, 0.1) is 0 Å². The van der Waals surface area contributed by atoms with Crippen LogP contribution in [0.4, 0.5) is 0 Å². The van der Waals surface area contributed by atoms with Gasteiger partial charge in [0.05, 0.1) is 12.5 Å². The minimum atomic E-state index is -0.747. The lowest BCUT2D eigenvalue weighted by Gasteiger charge is -2.21. The number of aliphatic carboxylic acids is 1. The van der Waals surface area contributed by atoms with E-state index in [2.05, 4.69) is 23.9 Å². The predicted molar refractivity (Wildman–Crippen MR) is 66.4 cm³/mol. The summed E-state index contributed by atoms with van der Waals surface area (Å²) in [6.07, 6.45) is 2.31. The summed E-state index contributed by atoms with van der Waals surface area (Å²) < 4.78 is 5.32. The van der Waals surface area contributed by atoms with Gasteiger partial charge >= 0.3 is 5.97 Å². The van der Waals surface area contributed by atoms with E-state index in [9.17, 15) is 4.79 Å². The molecule has 1 aromatic rings. The van der Waals surface area contributed by atoms with Crippen molar-refractivity contribution in [1.29, 1.82) is 0 Å². The topological polar surface area (TPSA) is 66.6 Å². The molecule has 0 aliphatic carbocycles. The lowest BCUT2D eigenvalue weighted by atomic mass is 10.1. The lowest BCUT2D eigenvalue weighted by molar-refractivity contribution is -0.137. The van der Waals surface area contributed by atoms with Crippen molar-refractivity contribution in [3.63, 3.8) is 0 Å². The third kappa shape index (κ3) is 2.90. The average Bonchev–Trinajstić information content (AvgIpc) is 2.94. The van der Waals surface area contributed by atoms with Crippen molar-refractivity contribution in [2.45, 2.75) is 45.1 Å². The van der Waals surface area contributed by atoms with Crippen LogP contribution in [0.3, 0.4) is 0 Å². The van der Waals surface area contributed by atoms with Crippen LogP contribution in [0.25, 0.3) is 0 Å². The normalized spacial score (nSPS) is 20.7. The van der Waals surface area contributed by atoms with Crippen LogP contribution < -0.4 is 0 Å². The summed E-state index contributed by atoms with van der Waals surface area (Å²) in [5.41, 5.74) is 0.946. The Bertz CT molecular complexity index is 414. The molecular weight excluding hydrogens is 232 g/mol. The molecule has 0 aromatic carbocycles. The highest BCUT2D eigenvalue weighted by atomic mass is 16.5. The monoisotopic (exact) mass is 252 g/mol. The number of hydrogen-bond acceptors (Lipinski definition) is 4. The van der Waals surface area contributed by atoms with Gasteiger partial charge in [-0.15, -0.1) is 0 Å². The van der Waals surface area contributed by atoms with E-state index in [4.69, 9.17) is 9.63 Å². The average molecular weight is 252 g/mol. The number of carboxylic acids is 1. The summed E-state index contributed by atoms with van der Waals surface area (Å²) in [7, 11) is 0. The van der Waals surface area contributed by atoms with Gasteiger partial charge in [-0.2, -0.15) is 0 Å². The number of likely N-dealkylation sites (tertiary alicyclic amines) is 1. The SMILES string of the molecule is CC(C)c1cc([C@H]2CCCN2CCC(=O)O)no1. The quantitative estimate of drug-likeness (QED) is 0.871. The standard InChI is InChI=1S/C13H20N2O3/c1-9(2)12-8-10(14-18-12)11-4-3-6-15(11)7-5-13(16)17/h8-9,11H,3-7H2,1-2H3,(H,16,17)/t11-/m1/s1. The summed E-state index contributed by atoms with van der Waals surface area (Å²) in [4.78, 5) is 12.8. The fourth-order valence-corrected chi connectivity index (χ4v) is 2.40. The van der Waals surface area contributed by atoms with E-state index in [1.165, 1.54) is 0 Å². The highest BCUT2D eigenvalue weighted by Crippen LogP contribution is 2.32. The molecule has 0 spiro atoms. The van der Waals surface area contributed by atoms with Crippen LogP contribution in [-0.4, -0.2) is 34.2 Å². The van der Waals surface area contributed by atoms with Gasteiger partial charge < -0.3 is 9.63 Å². The van der Waals surface area contributed by atoms with Gasteiger partial charge in [-0.05, 0) is 19.4 Å². The summed E-state index contributed by atoms with van der Waals surface area (Å²) in [6, 6.07) is 2.23. The molecule has 1 aliphatic rings. The molecule has 1 aliphatic heterocycles. The molecule has 0 bridgehead atoms. The van der Waals surface area contributed by atoms with Gasteiger partial charge in [0.25, 0.3) is 0 Å². The molecule has 1 aromatic heterocycles. The van der Waals surface area contributed by atoms with Gasteiger partial charge in [-0.1, -0.05) is 19.0 Å².